The fourth-order valence-corrected chi connectivity index (χ4v) is 2.05. The molecule has 4 nitrogen and oxygen atoms in total. The number of ether oxygens (including phenoxy) is 1. The number of nitrogens with one attached hydrogen (secondary N) is 1. The number of morpholine rings is 1. The molecule has 0 saturated carbocycles. The summed E-state index contributed by atoms with van der Waals surface area (Å²) in [6, 6.07) is 1.90. The Labute approximate surface area is 103 Å². The van der Waals surface area contributed by atoms with Crippen LogP contribution in [0, 0.1) is 0 Å². The van der Waals surface area contributed by atoms with E-state index in [2.05, 4.69) is 26.2 Å². The molecule has 0 aliphatic carbocycles. The number of nitrogens with zero attached hydrogens (tertiary/aromatic N) is 1. The van der Waals surface area contributed by atoms with Crippen LogP contribution < -0.4 is 5.32 Å². The molecular formula is C11H13BrN2O2. The van der Waals surface area contributed by atoms with Gasteiger partial charge in [-0.2, -0.15) is 0 Å². The molecule has 1 atom stereocenters. The minimum absolute atomic E-state index is 0.104. The Kier molecular flexibility index (Phi) is 4.04. The maximum atomic E-state index is 11.9. The van der Waals surface area contributed by atoms with Gasteiger partial charge in [-0.05, 0) is 27.6 Å². The molecule has 0 aromatic carbocycles. The van der Waals surface area contributed by atoms with E-state index in [4.69, 9.17) is 4.74 Å². The standard InChI is InChI=1S/C11H13BrN2O2/c12-9-3-8(5-14-6-9)4-10(15)11-7-13-1-2-16-11/h3,5-6,11,13H,1-2,4,7H2. The lowest BCUT2D eigenvalue weighted by atomic mass is 10.1. The van der Waals surface area contributed by atoms with Gasteiger partial charge in [0, 0.05) is 36.4 Å². The van der Waals surface area contributed by atoms with E-state index >= 15 is 0 Å². The highest BCUT2D eigenvalue weighted by molar-refractivity contribution is 9.10. The zero-order chi connectivity index (χ0) is 11.4. The number of rotatable bonds is 3. The maximum Gasteiger partial charge on any atom is 0.167 e. The number of ketones is 1. The molecule has 1 fully saturated rings. The summed E-state index contributed by atoms with van der Waals surface area (Å²) in [5, 5.41) is 3.14. The predicted octanol–water partition coefficient (Wildman–Crippen LogP) is 0.944. The number of Topliss-reactive ketones (excluding diaryl/α,β-unsaturated/α-hetero) is 1. The first-order valence-electron chi connectivity index (χ1n) is 5.20. The molecule has 0 bridgehead atoms. The average Bonchev–Trinajstić information content (AvgIpc) is 2.30. The van der Waals surface area contributed by atoms with Gasteiger partial charge in [0.25, 0.3) is 0 Å². The fraction of sp³-hybridized carbons (Fsp3) is 0.455. The van der Waals surface area contributed by atoms with E-state index in [0.717, 1.165) is 16.6 Å². The molecule has 1 saturated heterocycles. The third kappa shape index (κ3) is 3.10. The zero-order valence-corrected chi connectivity index (χ0v) is 10.4. The van der Waals surface area contributed by atoms with Gasteiger partial charge < -0.3 is 10.1 Å². The largest absolute Gasteiger partial charge is 0.368 e. The number of hydrogen-bond acceptors (Lipinski definition) is 4. The molecule has 1 aliphatic rings. The van der Waals surface area contributed by atoms with Crippen LogP contribution in [-0.4, -0.2) is 36.6 Å². The number of carbonyl (C=O) groups is 1. The van der Waals surface area contributed by atoms with Gasteiger partial charge in [-0.1, -0.05) is 0 Å². The quantitative estimate of drug-likeness (QED) is 0.898. The van der Waals surface area contributed by atoms with Gasteiger partial charge in [-0.15, -0.1) is 0 Å². The second kappa shape index (κ2) is 5.52. The second-order valence-corrected chi connectivity index (χ2v) is 4.63. The first-order chi connectivity index (χ1) is 7.75. The van der Waals surface area contributed by atoms with Crippen molar-refractivity contribution in [2.24, 2.45) is 0 Å². The van der Waals surface area contributed by atoms with Gasteiger partial charge in [-0.25, -0.2) is 0 Å². The van der Waals surface area contributed by atoms with Crippen LogP contribution >= 0.6 is 15.9 Å². The molecule has 86 valence electrons. The first kappa shape index (κ1) is 11.7. The zero-order valence-electron chi connectivity index (χ0n) is 8.78. The van der Waals surface area contributed by atoms with Crippen LogP contribution in [-0.2, 0) is 16.0 Å². The van der Waals surface area contributed by atoms with Gasteiger partial charge in [0.05, 0.1) is 6.61 Å². The predicted molar refractivity (Wildman–Crippen MR) is 63.3 cm³/mol. The Balaban J connectivity index is 1.96. The minimum atomic E-state index is -0.312. The smallest absolute Gasteiger partial charge is 0.167 e. The summed E-state index contributed by atoms with van der Waals surface area (Å²) in [6.45, 7) is 2.04. The van der Waals surface area contributed by atoms with Crippen LogP contribution in [0.5, 0.6) is 0 Å². The molecule has 1 aromatic heterocycles. The van der Waals surface area contributed by atoms with E-state index in [1.165, 1.54) is 0 Å². The van der Waals surface area contributed by atoms with Gasteiger partial charge >= 0.3 is 0 Å². The van der Waals surface area contributed by atoms with E-state index in [1.54, 1.807) is 12.4 Å². The maximum absolute atomic E-state index is 11.9. The lowest BCUT2D eigenvalue weighted by molar-refractivity contribution is -0.131. The summed E-state index contributed by atoms with van der Waals surface area (Å²) in [7, 11) is 0. The molecule has 1 N–H and O–H groups in total. The molecule has 1 aliphatic heterocycles. The van der Waals surface area contributed by atoms with Crippen molar-refractivity contribution < 1.29 is 9.53 Å². The highest BCUT2D eigenvalue weighted by Gasteiger charge is 2.21. The van der Waals surface area contributed by atoms with Crippen LogP contribution in [0.1, 0.15) is 5.56 Å². The second-order valence-electron chi connectivity index (χ2n) is 3.72. The van der Waals surface area contributed by atoms with Crippen LogP contribution in [0.4, 0.5) is 0 Å². The van der Waals surface area contributed by atoms with Crippen molar-refractivity contribution >= 4 is 21.7 Å². The monoisotopic (exact) mass is 284 g/mol. The Morgan fingerprint density at radius 1 is 1.62 bits per heavy atom. The van der Waals surface area contributed by atoms with Gasteiger partial charge in [0.1, 0.15) is 6.10 Å². The van der Waals surface area contributed by atoms with Crippen molar-refractivity contribution in [3.05, 3.63) is 28.5 Å². The van der Waals surface area contributed by atoms with Crippen molar-refractivity contribution in [3.8, 4) is 0 Å². The normalized spacial score (nSPS) is 20.7. The Bertz CT molecular complexity index is 378. The Hall–Kier alpha value is -0.780. The molecular weight excluding hydrogens is 272 g/mol. The van der Waals surface area contributed by atoms with Crippen molar-refractivity contribution in [1.29, 1.82) is 0 Å². The van der Waals surface area contributed by atoms with E-state index < -0.39 is 0 Å². The summed E-state index contributed by atoms with van der Waals surface area (Å²) in [4.78, 5) is 15.9. The van der Waals surface area contributed by atoms with Crippen molar-refractivity contribution in [2.75, 3.05) is 19.7 Å². The van der Waals surface area contributed by atoms with E-state index in [0.29, 0.717) is 19.6 Å². The van der Waals surface area contributed by atoms with Crippen LogP contribution in [0.2, 0.25) is 0 Å². The summed E-state index contributed by atoms with van der Waals surface area (Å²) in [5.41, 5.74) is 0.911. The topological polar surface area (TPSA) is 51.2 Å². The van der Waals surface area contributed by atoms with Crippen molar-refractivity contribution in [1.82, 2.24) is 10.3 Å². The fourth-order valence-electron chi connectivity index (χ4n) is 1.64. The molecule has 1 aromatic rings. The number of hydrogen-bond donors (Lipinski definition) is 1. The van der Waals surface area contributed by atoms with E-state index in [1.807, 2.05) is 6.07 Å². The third-order valence-electron chi connectivity index (χ3n) is 2.43. The minimum Gasteiger partial charge on any atom is -0.368 e. The van der Waals surface area contributed by atoms with Crippen LogP contribution in [0.25, 0.3) is 0 Å². The summed E-state index contributed by atoms with van der Waals surface area (Å²) in [6.07, 6.45) is 3.47. The number of aromatic nitrogens is 1. The highest BCUT2D eigenvalue weighted by Crippen LogP contribution is 2.11. The molecule has 16 heavy (non-hydrogen) atoms. The lowest BCUT2D eigenvalue weighted by Crippen LogP contribution is -2.43. The Morgan fingerprint density at radius 2 is 2.50 bits per heavy atom. The molecule has 2 heterocycles. The highest BCUT2D eigenvalue weighted by atomic mass is 79.9. The number of pyridine rings is 1. The van der Waals surface area contributed by atoms with E-state index in [9.17, 15) is 4.79 Å². The first-order valence-corrected chi connectivity index (χ1v) is 5.99. The van der Waals surface area contributed by atoms with Crippen LogP contribution in [0.3, 0.4) is 0 Å². The number of halogens is 1. The molecule has 1 unspecified atom stereocenters. The summed E-state index contributed by atoms with van der Waals surface area (Å²) < 4.78 is 6.29. The van der Waals surface area contributed by atoms with E-state index in [-0.39, 0.29) is 11.9 Å². The molecule has 0 spiro atoms. The SMILES string of the molecule is O=C(Cc1cncc(Br)c1)C1CNCCO1. The molecule has 5 heteroatoms. The molecule has 0 amide bonds. The Morgan fingerprint density at radius 3 is 3.19 bits per heavy atom. The summed E-state index contributed by atoms with van der Waals surface area (Å²) >= 11 is 3.33. The van der Waals surface area contributed by atoms with Gasteiger partial charge in [0.15, 0.2) is 5.78 Å². The van der Waals surface area contributed by atoms with Gasteiger partial charge in [-0.3, -0.25) is 9.78 Å². The molecule has 2 rings (SSSR count). The van der Waals surface area contributed by atoms with Crippen LogP contribution in [0.15, 0.2) is 22.9 Å². The number of carbonyl (C=O) groups excluding carboxylic acids is 1. The van der Waals surface area contributed by atoms with Gasteiger partial charge in [0.2, 0.25) is 0 Å². The van der Waals surface area contributed by atoms with Crippen molar-refractivity contribution in [3.63, 3.8) is 0 Å². The third-order valence-corrected chi connectivity index (χ3v) is 2.86. The van der Waals surface area contributed by atoms with Crippen molar-refractivity contribution in [2.45, 2.75) is 12.5 Å². The summed E-state index contributed by atoms with van der Waals surface area (Å²) in [5.74, 6) is 0.104. The lowest BCUT2D eigenvalue weighted by Gasteiger charge is -2.22. The molecule has 0 radical (unpaired) electrons. The average molecular weight is 285 g/mol.